The lowest BCUT2D eigenvalue weighted by Crippen LogP contribution is -2.50. The number of anilines is 4. The third-order valence-electron chi connectivity index (χ3n) is 25.3. The number of nitrogen functional groups attached to an aromatic ring is 2. The van der Waals surface area contributed by atoms with Crippen molar-refractivity contribution in [3.63, 3.8) is 0 Å². The molecule has 4 amide bonds. The van der Waals surface area contributed by atoms with Gasteiger partial charge in [0.2, 0.25) is 46.0 Å². The Morgan fingerprint density at radius 3 is 1.39 bits per heavy atom. The molecule has 0 aliphatic carbocycles. The third-order valence-corrected chi connectivity index (χ3v) is 31.2. The lowest BCUT2D eigenvalue weighted by molar-refractivity contribution is -0.746. The number of carbonyl (C=O) groups is 4. The van der Waals surface area contributed by atoms with Crippen molar-refractivity contribution >= 4 is 133 Å². The Morgan fingerprint density at radius 1 is 0.570 bits per heavy atom. The highest BCUT2D eigenvalue weighted by atomic mass is 32.2. The van der Waals surface area contributed by atoms with Gasteiger partial charge in [0.1, 0.15) is 66.6 Å². The van der Waals surface area contributed by atoms with E-state index >= 15 is 0 Å². The Morgan fingerprint density at radius 2 is 0.972 bits per heavy atom. The van der Waals surface area contributed by atoms with Crippen LogP contribution in [0, 0.1) is 0 Å². The summed E-state index contributed by atoms with van der Waals surface area (Å²) >= 11 is 0. The second-order valence-electron chi connectivity index (χ2n) is 36.4. The van der Waals surface area contributed by atoms with Crippen LogP contribution in [-0.4, -0.2) is 247 Å². The fourth-order valence-electron chi connectivity index (χ4n) is 19.4. The first-order chi connectivity index (χ1) is 66.6. The number of fused-ring (bicyclic) bond motifs is 10. The Bertz CT molecular complexity index is 7200. The van der Waals surface area contributed by atoms with Crippen molar-refractivity contribution in [1.29, 1.82) is 0 Å². The Labute approximate surface area is 807 Å². The van der Waals surface area contributed by atoms with Gasteiger partial charge in [0, 0.05) is 134 Å². The Hall–Kier alpha value is -10.8. The molecule has 8 aliphatic heterocycles. The molecule has 6 unspecified atom stereocenters. The number of imidazole rings is 2. The largest absolute Gasteiger partial charge is 0.756 e. The fourth-order valence-corrected chi connectivity index (χ4v) is 24.1. The molecule has 4 aromatic carbocycles. The summed E-state index contributed by atoms with van der Waals surface area (Å²) in [7, 11) is -28.8. The zero-order valence-corrected chi connectivity index (χ0v) is 83.0. The number of hydrogen-bond donors (Lipinski definition) is 14. The molecule has 0 bridgehead atoms. The van der Waals surface area contributed by atoms with Crippen LogP contribution in [0.4, 0.5) is 44.2 Å². The molecule has 16 rings (SSSR count). The number of aryl methyl sites for hydroxylation is 4. The number of nitrogens with two attached hydrogens (primary N) is 2. The maximum Gasteiger partial charge on any atom is 0.478 e. The number of H-pyrrole nitrogens is 2. The average Bonchev–Trinajstić information content (AvgIpc) is 1.21. The van der Waals surface area contributed by atoms with Crippen molar-refractivity contribution in [2.45, 2.75) is 178 Å². The summed E-state index contributed by atoms with van der Waals surface area (Å²) in [6, 6.07) is 15.3. The first kappa shape index (κ1) is 106. The van der Waals surface area contributed by atoms with Gasteiger partial charge in [-0.1, -0.05) is 9.97 Å². The average molecular weight is 2110 g/mol. The zero-order chi connectivity index (χ0) is 103. The SMILES string of the molecule is CC[N+]1=c2cc3c(cc2CCC1)=Nc1cc2c(cc1O3)N(CCCC(=O)NCCNC(=O)O[C@@H]1[C@H](O)[C@@H](COP(=O)(O)OP(=O)([O-])O)O[C@H]1[n+]1cn(C)c3c(=O)[nH]c(N)nc31)C(C)(C)CC2CS(=O)(=O)[O-].CC[N+]1=c2cc3c(cc2CCC1)=Nc1cc2c(cc1O3)N(CCCC(=O)NCCNC(=O)O[C@H]1[C@@H](O)[C@H]([n+]3cn(C)c4c(=O)[nH]c(N)nc43)O[C@@H]1COP(=O)(O)OP(=O)([O-])O)C(C)(C)CC2CS(=O)(=O)[O-]. The summed E-state index contributed by atoms with van der Waals surface area (Å²) in [5.74, 6) is -1.67. The van der Waals surface area contributed by atoms with Crippen molar-refractivity contribution in [1.82, 2.24) is 59.5 Å². The smallest absolute Gasteiger partial charge is 0.478 e. The molecule has 16 N–H and O–H groups in total. The molecular weight excluding hydrogens is 2000 g/mol. The van der Waals surface area contributed by atoms with E-state index in [4.69, 9.17) is 59.7 Å². The van der Waals surface area contributed by atoms with E-state index in [-0.39, 0.29) is 85.1 Å². The maximum absolute atomic E-state index is 13.1. The Kier molecular flexibility index (Phi) is 30.8. The maximum atomic E-state index is 13.1. The normalized spacial score (nSPS) is 23.0. The van der Waals surface area contributed by atoms with E-state index in [0.717, 1.165) is 62.6 Å². The summed E-state index contributed by atoms with van der Waals surface area (Å²) < 4.78 is 181. The van der Waals surface area contributed by atoms with Gasteiger partial charge in [-0.2, -0.15) is 0 Å². The predicted octanol–water partition coefficient (Wildman–Crippen LogP) is -2.39. The number of nitrogens with zero attached hydrogens (tertiary/aromatic N) is 12. The van der Waals surface area contributed by atoms with Gasteiger partial charge in [0.15, 0.2) is 54.0 Å². The number of rotatable bonds is 34. The second-order valence-corrected chi connectivity index (χ2v) is 44.9. The highest BCUT2D eigenvalue weighted by Gasteiger charge is 2.54. The lowest BCUT2D eigenvalue weighted by Gasteiger charge is -2.48. The standard InChI is InChI=1S/2C41H54N10O17P2S/c1-5-49-12-6-8-22-14-25-29(16-27(22)49)65-30-17-28-24(15-26(30)45-25)23(20-71(61,62)63)18-41(2,3)51(28)13-7-9-32(52)43-10-11-44-40(55)67-35-31(19-64-70(59,60)68-69(56,57)58)66-38(34(35)53)50-21-48(4)33-36(50)46-39(42)47-37(33)54;1-5-49-12-6-8-22-14-25-29(16-27(22)49)65-30-17-28-24(15-26(30)45-25)23(20-71(61,62)63)18-41(2,3)51(28)13-7-9-32(52)43-10-11-44-40(55)67-35-34(53)31(19-64-70(59,60)68-69(56,57)58)66-38(35)50-21-48(4)33-36(50)46-39(42)47-37(33)54/h2*14-17,21,23,31,34-35,38,53H,5-13,18-20H2,1-4H3,(H7-2,42,43,44,46,47,52,54,55,56,57,58,59,60,61,62,63)/t2*23?,31-,34-,35-,38-/m11/s1. The van der Waals surface area contributed by atoms with Gasteiger partial charge in [-0.05, 0) is 115 Å². The number of aromatic nitrogens is 8. The van der Waals surface area contributed by atoms with E-state index in [1.165, 1.54) is 56.1 Å². The van der Waals surface area contributed by atoms with E-state index in [1.807, 2.05) is 64.1 Å². The molecule has 2 fully saturated rings. The molecule has 60 heteroatoms. The number of hydrogen-bond acceptors (Lipinski definition) is 38. The molecule has 772 valence electrons. The topological polar surface area (TPSA) is 757 Å². The van der Waals surface area contributed by atoms with Crippen LogP contribution in [0.25, 0.3) is 22.3 Å². The highest BCUT2D eigenvalue weighted by molar-refractivity contribution is 7.86. The number of carbonyl (C=O) groups excluding carboxylic acids is 4. The van der Waals surface area contributed by atoms with E-state index in [9.17, 15) is 103 Å². The molecule has 142 heavy (non-hydrogen) atoms. The molecule has 8 aliphatic rings. The number of phosphoric acid groups is 4. The quantitative estimate of drug-likeness (QED) is 0.00866. The number of aliphatic hydroxyl groups excluding tert-OH is 2. The van der Waals surface area contributed by atoms with Crippen LogP contribution >= 0.6 is 31.3 Å². The van der Waals surface area contributed by atoms with E-state index < -0.39 is 172 Å². The van der Waals surface area contributed by atoms with Gasteiger partial charge in [0.05, 0.1) is 59.7 Å². The van der Waals surface area contributed by atoms with E-state index in [1.54, 1.807) is 12.1 Å². The van der Waals surface area contributed by atoms with Gasteiger partial charge in [0.25, 0.3) is 38.7 Å². The summed E-state index contributed by atoms with van der Waals surface area (Å²) in [4.78, 5) is 164. The summed E-state index contributed by atoms with van der Waals surface area (Å²) in [5, 5.41) is 36.4. The second kappa shape index (κ2) is 41.4. The van der Waals surface area contributed by atoms with Gasteiger partial charge >= 0.3 is 39.1 Å². The minimum Gasteiger partial charge on any atom is -0.756 e. The molecule has 14 atom stereocenters. The van der Waals surface area contributed by atoms with Crippen LogP contribution in [-0.2, 0) is 112 Å². The first-order valence-electron chi connectivity index (χ1n) is 45.1. The highest BCUT2D eigenvalue weighted by Crippen LogP contribution is 2.58. The number of amides is 4. The third kappa shape index (κ3) is 24.4. The number of aliphatic hydroxyl groups is 2. The molecule has 8 aromatic rings. The molecule has 0 saturated carbocycles. The minimum absolute atomic E-state index is 0.00202. The predicted molar refractivity (Wildman–Crippen MR) is 490 cm³/mol. The molecule has 4 aromatic heterocycles. The van der Waals surface area contributed by atoms with Crippen molar-refractivity contribution < 1.29 is 158 Å². The molecule has 0 radical (unpaired) electrons. The fraction of sp³-hybridized carbons (Fsp3) is 0.537. The van der Waals surface area contributed by atoms with Crippen LogP contribution in [0.1, 0.15) is 139 Å². The first-order valence-corrected chi connectivity index (χ1v) is 54.2. The zero-order valence-electron chi connectivity index (χ0n) is 77.8. The summed E-state index contributed by atoms with van der Waals surface area (Å²) in [5.41, 5.74) is 14.7. The van der Waals surface area contributed by atoms with Crippen LogP contribution in [0.5, 0.6) is 23.0 Å². The van der Waals surface area contributed by atoms with Gasteiger partial charge in [-0.15, -0.1) is 0 Å². The number of alkyl carbamates (subject to hydrolysis) is 2. The number of nitrogens with one attached hydrogen (secondary N) is 6. The van der Waals surface area contributed by atoms with Crippen molar-refractivity contribution in [3.8, 4) is 23.0 Å². The number of phosphoric ester groups is 2. The van der Waals surface area contributed by atoms with Gasteiger partial charge in [-0.25, -0.2) is 72.4 Å². The summed E-state index contributed by atoms with van der Waals surface area (Å²) in [6.07, 6.45) is -7.62. The van der Waals surface area contributed by atoms with Crippen molar-refractivity contribution in [3.05, 3.63) is 126 Å². The van der Waals surface area contributed by atoms with Crippen LogP contribution in [0.3, 0.4) is 0 Å². The number of benzene rings is 4. The van der Waals surface area contributed by atoms with Crippen molar-refractivity contribution in [2.75, 3.05) is 111 Å². The van der Waals surface area contributed by atoms with Crippen LogP contribution in [0.2, 0.25) is 0 Å². The monoisotopic (exact) mass is 2100 g/mol. The van der Waals surface area contributed by atoms with Gasteiger partial charge in [-0.3, -0.25) is 56.5 Å². The molecule has 2 saturated heterocycles. The van der Waals surface area contributed by atoms with Crippen LogP contribution in [0.15, 0.2) is 80.8 Å². The number of aromatic amines is 2. The van der Waals surface area contributed by atoms with Crippen molar-refractivity contribution in [2.24, 2.45) is 24.1 Å². The Balaban J connectivity index is 0.000000214. The van der Waals surface area contributed by atoms with Gasteiger partial charge < -0.3 is 120 Å². The molecular formula is C82H108N20O34P4S2. The lowest BCUT2D eigenvalue weighted by atomic mass is 9.79. The minimum atomic E-state index is -5.77. The molecule has 0 spiro atoms. The van der Waals surface area contributed by atoms with E-state index in [0.29, 0.717) is 106 Å². The van der Waals surface area contributed by atoms with E-state index in [2.05, 4.69) is 91.7 Å². The molecule has 12 heterocycles. The summed E-state index contributed by atoms with van der Waals surface area (Å²) in [6.45, 7) is 13.6. The number of ether oxygens (including phenoxy) is 6. The van der Waals surface area contributed by atoms with Crippen LogP contribution < -0.4 is 113 Å². The molecule has 54 nitrogen and oxygen atoms in total.